The second-order valence-corrected chi connectivity index (χ2v) is 4.59. The normalized spacial score (nSPS) is 10.9. The van der Waals surface area contributed by atoms with Crippen LogP contribution < -0.4 is 5.32 Å². The Hall–Kier alpha value is -2.43. The lowest BCUT2D eigenvalue weighted by molar-refractivity contribution is 0.584. The van der Waals surface area contributed by atoms with Crippen LogP contribution in [-0.4, -0.2) is 9.55 Å². The molecule has 0 atom stereocenters. The molecule has 5 heteroatoms. The smallest absolute Gasteiger partial charge is 0.128 e. The number of benzene rings is 2. The number of hydrogen-bond donors (Lipinski definition) is 1. The minimum Gasteiger partial charge on any atom is -0.378 e. The summed E-state index contributed by atoms with van der Waals surface area (Å²) in [5.74, 6) is -0.397. The minimum atomic E-state index is -0.600. The van der Waals surface area contributed by atoms with Crippen molar-refractivity contribution in [2.45, 2.75) is 6.54 Å². The van der Waals surface area contributed by atoms with Crippen molar-refractivity contribution in [1.29, 1.82) is 0 Å². The van der Waals surface area contributed by atoms with Crippen LogP contribution in [0, 0.1) is 11.6 Å². The molecule has 3 aromatic rings. The highest BCUT2D eigenvalue weighted by Gasteiger charge is 2.07. The van der Waals surface area contributed by atoms with E-state index in [1.54, 1.807) is 0 Å². The highest BCUT2D eigenvalue weighted by atomic mass is 19.1. The van der Waals surface area contributed by atoms with E-state index in [0.717, 1.165) is 22.9 Å². The molecule has 0 saturated carbocycles. The molecule has 0 spiro atoms. The van der Waals surface area contributed by atoms with Gasteiger partial charge < -0.3 is 9.88 Å². The van der Waals surface area contributed by atoms with Gasteiger partial charge in [-0.3, -0.25) is 0 Å². The zero-order valence-electron chi connectivity index (χ0n) is 10.9. The van der Waals surface area contributed by atoms with Crippen LogP contribution in [0.15, 0.2) is 42.5 Å². The fraction of sp³-hybridized carbons (Fsp3) is 0.133. The van der Waals surface area contributed by atoms with E-state index in [2.05, 4.69) is 10.3 Å². The quantitative estimate of drug-likeness (QED) is 0.792. The second-order valence-electron chi connectivity index (χ2n) is 4.59. The van der Waals surface area contributed by atoms with Gasteiger partial charge in [-0.05, 0) is 24.3 Å². The Bertz CT molecular complexity index is 745. The van der Waals surface area contributed by atoms with Crippen molar-refractivity contribution in [1.82, 2.24) is 9.55 Å². The molecule has 0 aliphatic carbocycles. The Kier molecular flexibility index (Phi) is 3.10. The third-order valence-electron chi connectivity index (χ3n) is 3.19. The number of anilines is 1. The molecule has 2 aromatic carbocycles. The van der Waals surface area contributed by atoms with Crippen molar-refractivity contribution in [2.24, 2.45) is 7.05 Å². The first-order chi connectivity index (χ1) is 9.63. The lowest BCUT2D eigenvalue weighted by Crippen LogP contribution is -2.06. The van der Waals surface area contributed by atoms with Gasteiger partial charge in [-0.2, -0.15) is 0 Å². The Morgan fingerprint density at radius 1 is 1.10 bits per heavy atom. The molecule has 0 aliphatic rings. The van der Waals surface area contributed by atoms with Crippen molar-refractivity contribution in [2.75, 3.05) is 5.32 Å². The maximum atomic E-state index is 13.1. The van der Waals surface area contributed by atoms with Crippen molar-refractivity contribution in [3.63, 3.8) is 0 Å². The lowest BCUT2D eigenvalue weighted by Gasteiger charge is -2.07. The molecule has 0 fully saturated rings. The maximum absolute atomic E-state index is 13.1. The molecule has 3 rings (SSSR count). The van der Waals surface area contributed by atoms with Crippen molar-refractivity contribution < 1.29 is 8.78 Å². The van der Waals surface area contributed by atoms with Gasteiger partial charge in [-0.1, -0.05) is 12.1 Å². The number of nitrogens with one attached hydrogen (secondary N) is 1. The predicted octanol–water partition coefficient (Wildman–Crippen LogP) is 3.46. The van der Waals surface area contributed by atoms with Gasteiger partial charge in [0.15, 0.2) is 0 Å². The number of imidazole rings is 1. The lowest BCUT2D eigenvalue weighted by atomic mass is 10.3. The molecular weight excluding hydrogens is 260 g/mol. The largest absolute Gasteiger partial charge is 0.378 e. The van der Waals surface area contributed by atoms with Crippen LogP contribution in [0.4, 0.5) is 14.5 Å². The van der Waals surface area contributed by atoms with E-state index in [9.17, 15) is 8.78 Å². The molecule has 0 aliphatic heterocycles. The van der Waals surface area contributed by atoms with Crippen molar-refractivity contribution in [3.05, 3.63) is 59.9 Å². The van der Waals surface area contributed by atoms with Crippen LogP contribution in [0.1, 0.15) is 5.82 Å². The van der Waals surface area contributed by atoms with Gasteiger partial charge in [0.1, 0.15) is 17.5 Å². The minimum absolute atomic E-state index is 0.397. The third kappa shape index (κ3) is 2.34. The number of fused-ring (bicyclic) bond motifs is 1. The Morgan fingerprint density at radius 3 is 2.50 bits per heavy atom. The molecular formula is C15H13F2N3. The van der Waals surface area contributed by atoms with Crippen LogP contribution >= 0.6 is 0 Å². The zero-order chi connectivity index (χ0) is 14.1. The summed E-state index contributed by atoms with van der Waals surface area (Å²) in [4.78, 5) is 4.49. The fourth-order valence-corrected chi connectivity index (χ4v) is 2.19. The van der Waals surface area contributed by atoms with E-state index in [-0.39, 0.29) is 0 Å². The summed E-state index contributed by atoms with van der Waals surface area (Å²) >= 11 is 0. The van der Waals surface area contributed by atoms with Crippen LogP contribution in [-0.2, 0) is 13.6 Å². The molecule has 1 heterocycles. The Balaban J connectivity index is 1.84. The molecule has 1 aromatic heterocycles. The third-order valence-corrected chi connectivity index (χ3v) is 3.19. The summed E-state index contributed by atoms with van der Waals surface area (Å²) in [6.45, 7) is 0.397. The van der Waals surface area contributed by atoms with Crippen LogP contribution in [0.25, 0.3) is 11.0 Å². The predicted molar refractivity (Wildman–Crippen MR) is 74.4 cm³/mol. The highest BCUT2D eigenvalue weighted by molar-refractivity contribution is 5.75. The molecule has 3 nitrogen and oxygen atoms in total. The summed E-state index contributed by atoms with van der Waals surface area (Å²) < 4.78 is 28.2. The summed E-state index contributed by atoms with van der Waals surface area (Å²) in [7, 11) is 1.92. The summed E-state index contributed by atoms with van der Waals surface area (Å²) in [6, 6.07) is 11.1. The number of rotatable bonds is 3. The topological polar surface area (TPSA) is 29.9 Å². The summed E-state index contributed by atoms with van der Waals surface area (Å²) in [5.41, 5.74) is 2.32. The second kappa shape index (κ2) is 4.92. The maximum Gasteiger partial charge on any atom is 0.128 e. The number of halogens is 2. The van der Waals surface area contributed by atoms with Gasteiger partial charge in [-0.15, -0.1) is 0 Å². The molecule has 102 valence electrons. The fourth-order valence-electron chi connectivity index (χ4n) is 2.19. The van der Waals surface area contributed by atoms with Gasteiger partial charge in [0.25, 0.3) is 0 Å². The molecule has 0 unspecified atom stereocenters. The van der Waals surface area contributed by atoms with Crippen molar-refractivity contribution >= 4 is 16.7 Å². The molecule has 0 bridgehead atoms. The van der Waals surface area contributed by atoms with E-state index in [1.807, 2.05) is 35.9 Å². The van der Waals surface area contributed by atoms with Gasteiger partial charge >= 0.3 is 0 Å². The monoisotopic (exact) mass is 273 g/mol. The van der Waals surface area contributed by atoms with E-state index in [1.165, 1.54) is 12.1 Å². The molecule has 0 saturated heterocycles. The van der Waals surface area contributed by atoms with Gasteiger partial charge in [0, 0.05) is 18.8 Å². The molecule has 20 heavy (non-hydrogen) atoms. The standard InChI is InChI=1S/C15H13F2N3/c1-20-14-5-3-2-4-13(14)19-15(20)9-18-12-7-10(16)6-11(17)8-12/h2-8,18H,9H2,1H3. The van der Waals surface area contributed by atoms with E-state index in [4.69, 9.17) is 0 Å². The number of hydrogen-bond acceptors (Lipinski definition) is 2. The SMILES string of the molecule is Cn1c(CNc2cc(F)cc(F)c2)nc2ccccc21. The average Bonchev–Trinajstić information content (AvgIpc) is 2.73. The first-order valence-electron chi connectivity index (χ1n) is 6.24. The number of aromatic nitrogens is 2. The first kappa shape index (κ1) is 12.6. The van der Waals surface area contributed by atoms with E-state index >= 15 is 0 Å². The number of nitrogens with zero attached hydrogens (tertiary/aromatic N) is 2. The van der Waals surface area contributed by atoms with Gasteiger partial charge in [0.2, 0.25) is 0 Å². The van der Waals surface area contributed by atoms with Crippen LogP contribution in [0.2, 0.25) is 0 Å². The highest BCUT2D eigenvalue weighted by Crippen LogP contribution is 2.17. The summed E-state index contributed by atoms with van der Waals surface area (Å²) in [6.07, 6.45) is 0. The number of para-hydroxylation sites is 2. The van der Waals surface area contributed by atoms with Gasteiger partial charge in [0.05, 0.1) is 17.6 Å². The zero-order valence-corrected chi connectivity index (χ0v) is 10.9. The molecule has 0 radical (unpaired) electrons. The first-order valence-corrected chi connectivity index (χ1v) is 6.24. The number of aryl methyl sites for hydroxylation is 1. The van der Waals surface area contributed by atoms with Gasteiger partial charge in [-0.25, -0.2) is 13.8 Å². The van der Waals surface area contributed by atoms with E-state index in [0.29, 0.717) is 12.2 Å². The average molecular weight is 273 g/mol. The Morgan fingerprint density at radius 2 is 1.80 bits per heavy atom. The molecule has 0 amide bonds. The van der Waals surface area contributed by atoms with Crippen LogP contribution in [0.3, 0.4) is 0 Å². The molecule has 1 N–H and O–H groups in total. The van der Waals surface area contributed by atoms with Crippen molar-refractivity contribution in [3.8, 4) is 0 Å². The van der Waals surface area contributed by atoms with E-state index < -0.39 is 11.6 Å². The Labute approximate surface area is 114 Å². The summed E-state index contributed by atoms with van der Waals surface area (Å²) in [5, 5.41) is 2.98. The van der Waals surface area contributed by atoms with Crippen LogP contribution in [0.5, 0.6) is 0 Å².